The van der Waals surface area contributed by atoms with Gasteiger partial charge in [-0.05, 0) is 11.4 Å². The second kappa shape index (κ2) is 3.21. The van der Waals surface area contributed by atoms with Crippen LogP contribution in [0.1, 0.15) is 0 Å². The van der Waals surface area contributed by atoms with E-state index in [9.17, 15) is 9.79 Å². The van der Waals surface area contributed by atoms with Crippen LogP contribution in [0.4, 0.5) is 0 Å². The zero-order valence-electron chi connectivity index (χ0n) is 5.36. The van der Waals surface area contributed by atoms with Crippen LogP contribution in [0.25, 0.3) is 0 Å². The molecule has 0 unspecified atom stereocenters. The molecule has 0 saturated heterocycles. The molecule has 1 aromatic rings. The summed E-state index contributed by atoms with van der Waals surface area (Å²) in [6.45, 7) is -3.85. The predicted molar refractivity (Wildman–Crippen MR) is 45.4 cm³/mol. The molecular formula is C6H4ClO2PS-2. The zero-order chi connectivity index (χ0) is 8.48. The lowest BCUT2D eigenvalue weighted by molar-refractivity contribution is -0.289. The molecule has 0 heterocycles. The Kier molecular flexibility index (Phi) is 2.68. The number of rotatable bonds is 1. The Morgan fingerprint density at radius 3 is 2.18 bits per heavy atom. The number of halogens is 1. The van der Waals surface area contributed by atoms with Crippen molar-refractivity contribution in [1.82, 2.24) is 0 Å². The van der Waals surface area contributed by atoms with Crippen LogP contribution in [0.15, 0.2) is 24.3 Å². The predicted octanol–water partition coefficient (Wildman–Crippen LogP) is -0.00460. The van der Waals surface area contributed by atoms with Crippen molar-refractivity contribution >= 4 is 35.2 Å². The Morgan fingerprint density at radius 1 is 1.27 bits per heavy atom. The summed E-state index contributed by atoms with van der Waals surface area (Å²) in [6, 6.07) is 6.12. The van der Waals surface area contributed by atoms with Crippen LogP contribution < -0.4 is 15.1 Å². The van der Waals surface area contributed by atoms with Gasteiger partial charge in [-0.25, -0.2) is 0 Å². The maximum absolute atomic E-state index is 10.8. The van der Waals surface area contributed by atoms with Crippen molar-refractivity contribution in [2.45, 2.75) is 0 Å². The molecule has 0 N–H and O–H groups in total. The molecule has 60 valence electrons. The smallest absolute Gasteiger partial charge is 0.0466 e. The van der Waals surface area contributed by atoms with Crippen LogP contribution in [0.3, 0.4) is 0 Å². The van der Waals surface area contributed by atoms with Crippen molar-refractivity contribution < 1.29 is 9.79 Å². The second-order valence-electron chi connectivity index (χ2n) is 1.95. The van der Waals surface area contributed by atoms with E-state index in [1.807, 2.05) is 0 Å². The van der Waals surface area contributed by atoms with Gasteiger partial charge in [0.15, 0.2) is 0 Å². The first-order chi connectivity index (χ1) is 5.02. The second-order valence-corrected chi connectivity index (χ2v) is 5.27. The summed E-state index contributed by atoms with van der Waals surface area (Å²) >= 11 is 9.82. The van der Waals surface area contributed by atoms with Crippen LogP contribution in [-0.4, -0.2) is 0 Å². The molecule has 0 atom stereocenters. The normalized spacial score (nSPS) is 11.5. The highest BCUT2D eigenvalue weighted by Gasteiger charge is 1.97. The van der Waals surface area contributed by atoms with Crippen LogP contribution in [0.2, 0.25) is 5.02 Å². The first-order valence-electron chi connectivity index (χ1n) is 2.79. The van der Waals surface area contributed by atoms with Gasteiger partial charge < -0.3 is 9.79 Å². The third kappa shape index (κ3) is 2.26. The highest BCUT2D eigenvalue weighted by molar-refractivity contribution is 8.11. The molecule has 0 aliphatic carbocycles. The fourth-order valence-corrected chi connectivity index (χ4v) is 2.38. The van der Waals surface area contributed by atoms with Gasteiger partial charge in [-0.2, -0.15) is 6.49 Å². The molecular weight excluding hydrogens is 203 g/mol. The summed E-state index contributed by atoms with van der Waals surface area (Å²) in [5.74, 6) is 0. The highest BCUT2D eigenvalue weighted by Crippen LogP contribution is 2.26. The van der Waals surface area contributed by atoms with Crippen molar-refractivity contribution in [3.8, 4) is 0 Å². The summed E-state index contributed by atoms with van der Waals surface area (Å²) in [6.07, 6.45) is 0. The monoisotopic (exact) mass is 206 g/mol. The van der Waals surface area contributed by atoms with Crippen molar-refractivity contribution in [2.75, 3.05) is 0 Å². The van der Waals surface area contributed by atoms with E-state index in [0.717, 1.165) is 0 Å². The molecule has 1 aromatic carbocycles. The Hall–Kier alpha value is 0.0800. The van der Waals surface area contributed by atoms with Crippen molar-refractivity contribution in [2.24, 2.45) is 0 Å². The number of hydrogen-bond acceptors (Lipinski definition) is 3. The van der Waals surface area contributed by atoms with E-state index in [1.165, 1.54) is 12.1 Å². The van der Waals surface area contributed by atoms with Gasteiger partial charge in [0, 0.05) is 5.02 Å². The Balaban J connectivity index is 3.25. The van der Waals surface area contributed by atoms with Gasteiger partial charge in [0.05, 0.1) is 0 Å². The zero-order valence-corrected chi connectivity index (χ0v) is 7.83. The lowest BCUT2D eigenvalue weighted by atomic mass is 10.4. The average Bonchev–Trinajstić information content (AvgIpc) is 1.86. The van der Waals surface area contributed by atoms with Gasteiger partial charge in [0.2, 0.25) is 0 Å². The topological polar surface area (TPSA) is 46.1 Å². The summed E-state index contributed by atoms with van der Waals surface area (Å²) in [7, 11) is 0. The van der Waals surface area contributed by atoms with Crippen molar-refractivity contribution in [3.63, 3.8) is 0 Å². The minimum atomic E-state index is -3.85. The molecule has 0 radical (unpaired) electrons. The van der Waals surface area contributed by atoms with E-state index in [4.69, 9.17) is 11.6 Å². The van der Waals surface area contributed by atoms with Crippen LogP contribution in [0, 0.1) is 0 Å². The third-order valence-corrected chi connectivity index (χ3v) is 3.18. The molecule has 0 aromatic heterocycles. The Labute approximate surface area is 74.6 Å². The lowest BCUT2D eigenvalue weighted by Gasteiger charge is -2.36. The lowest BCUT2D eigenvalue weighted by Crippen LogP contribution is -2.25. The van der Waals surface area contributed by atoms with Crippen molar-refractivity contribution in [3.05, 3.63) is 29.3 Å². The average molecular weight is 207 g/mol. The van der Waals surface area contributed by atoms with Gasteiger partial charge >= 0.3 is 0 Å². The minimum Gasteiger partial charge on any atom is -0.829 e. The summed E-state index contributed by atoms with van der Waals surface area (Å²) in [4.78, 5) is 21.6. The maximum atomic E-state index is 10.8. The van der Waals surface area contributed by atoms with Crippen LogP contribution in [-0.2, 0) is 11.8 Å². The fourth-order valence-electron chi connectivity index (χ4n) is 0.674. The molecule has 0 fully saturated rings. The summed E-state index contributed by atoms with van der Waals surface area (Å²) < 4.78 is 0. The van der Waals surface area contributed by atoms with Crippen molar-refractivity contribution in [1.29, 1.82) is 0 Å². The van der Waals surface area contributed by atoms with E-state index < -0.39 is 6.49 Å². The van der Waals surface area contributed by atoms with Gasteiger partial charge in [-0.1, -0.05) is 29.8 Å². The molecule has 11 heavy (non-hydrogen) atoms. The molecule has 0 saturated carbocycles. The first-order valence-corrected chi connectivity index (χ1v) is 5.80. The molecule has 1 rings (SSSR count). The molecule has 2 nitrogen and oxygen atoms in total. The molecule has 0 amide bonds. The van der Waals surface area contributed by atoms with Gasteiger partial charge in [-0.3, -0.25) is 0 Å². The summed E-state index contributed by atoms with van der Waals surface area (Å²) in [5.41, 5.74) is 0. The van der Waals surface area contributed by atoms with Gasteiger partial charge in [-0.15, -0.1) is 11.8 Å². The van der Waals surface area contributed by atoms with Gasteiger partial charge in [0.25, 0.3) is 0 Å². The van der Waals surface area contributed by atoms with E-state index in [0.29, 0.717) is 0 Å². The minimum absolute atomic E-state index is 0.0247. The van der Waals surface area contributed by atoms with Crippen LogP contribution >= 0.6 is 18.1 Å². The number of benzene rings is 1. The molecule has 0 aliphatic rings. The Morgan fingerprint density at radius 2 is 1.82 bits per heavy atom. The highest BCUT2D eigenvalue weighted by atomic mass is 35.5. The SMILES string of the molecule is [O-]P([O-])(=S)c1ccccc1Cl. The molecule has 0 aliphatic heterocycles. The largest absolute Gasteiger partial charge is 0.829 e. The maximum Gasteiger partial charge on any atom is 0.0466 e. The number of hydrogen-bond donors (Lipinski definition) is 0. The van der Waals surface area contributed by atoms with E-state index in [1.54, 1.807) is 12.1 Å². The fraction of sp³-hybridized carbons (Fsp3) is 0. The molecule has 0 bridgehead atoms. The van der Waals surface area contributed by atoms with Gasteiger partial charge in [0.1, 0.15) is 0 Å². The van der Waals surface area contributed by atoms with E-state index in [2.05, 4.69) is 11.8 Å². The van der Waals surface area contributed by atoms with E-state index >= 15 is 0 Å². The standard InChI is InChI=1S/C6H6ClO2PS/c7-5-3-1-2-4-6(5)10(8,9)11/h1-4H,(H2,8,9,11)/p-2. The van der Waals surface area contributed by atoms with E-state index in [-0.39, 0.29) is 10.3 Å². The quantitative estimate of drug-likeness (QED) is 0.608. The van der Waals surface area contributed by atoms with Crippen LogP contribution in [0.5, 0.6) is 0 Å². The molecule has 5 heteroatoms. The Bertz CT molecular complexity index is 309. The first kappa shape index (κ1) is 9.17. The third-order valence-electron chi connectivity index (χ3n) is 1.15. The summed E-state index contributed by atoms with van der Waals surface area (Å²) in [5, 5.41) is 0.206. The molecule has 0 spiro atoms.